The molecule has 0 fully saturated rings. The van der Waals surface area contributed by atoms with E-state index in [0.29, 0.717) is 12.1 Å². The molecule has 0 aromatic carbocycles. The van der Waals surface area contributed by atoms with Crippen LogP contribution in [-0.4, -0.2) is 37.1 Å². The van der Waals surface area contributed by atoms with E-state index in [1.165, 1.54) is 19.4 Å². The van der Waals surface area contributed by atoms with Crippen LogP contribution in [0.1, 0.15) is 47.5 Å². The molecule has 0 spiro atoms. The summed E-state index contributed by atoms with van der Waals surface area (Å²) < 4.78 is 0. The molecular weight excluding hydrogens is 184 g/mol. The second-order valence-electron chi connectivity index (χ2n) is 5.41. The Morgan fingerprint density at radius 3 is 2.13 bits per heavy atom. The quantitative estimate of drug-likeness (QED) is 0.625. The van der Waals surface area contributed by atoms with Gasteiger partial charge >= 0.3 is 0 Å². The van der Waals surface area contributed by atoms with Gasteiger partial charge in [0, 0.05) is 12.1 Å². The monoisotopic (exact) mass is 214 g/mol. The van der Waals surface area contributed by atoms with Crippen LogP contribution in [0.4, 0.5) is 0 Å². The van der Waals surface area contributed by atoms with Crippen molar-refractivity contribution < 1.29 is 0 Å². The van der Waals surface area contributed by atoms with Crippen molar-refractivity contribution in [2.24, 2.45) is 5.92 Å². The van der Waals surface area contributed by atoms with Gasteiger partial charge in [-0.3, -0.25) is 0 Å². The van der Waals surface area contributed by atoms with E-state index in [0.717, 1.165) is 12.5 Å². The first-order valence-corrected chi connectivity index (χ1v) is 6.37. The third-order valence-corrected chi connectivity index (χ3v) is 2.89. The van der Waals surface area contributed by atoms with Gasteiger partial charge in [0.25, 0.3) is 0 Å². The first-order valence-electron chi connectivity index (χ1n) is 6.37. The summed E-state index contributed by atoms with van der Waals surface area (Å²) in [6, 6.07) is 1.33. The van der Waals surface area contributed by atoms with Crippen molar-refractivity contribution >= 4 is 0 Å². The molecule has 1 N–H and O–H groups in total. The highest BCUT2D eigenvalue weighted by Crippen LogP contribution is 2.03. The van der Waals surface area contributed by atoms with Gasteiger partial charge in [0.1, 0.15) is 0 Å². The molecule has 2 nitrogen and oxygen atoms in total. The van der Waals surface area contributed by atoms with Crippen LogP contribution in [0.15, 0.2) is 0 Å². The van der Waals surface area contributed by atoms with E-state index in [1.54, 1.807) is 0 Å². The molecule has 1 unspecified atom stereocenters. The van der Waals surface area contributed by atoms with Gasteiger partial charge in [-0.1, -0.05) is 13.8 Å². The van der Waals surface area contributed by atoms with Gasteiger partial charge in [-0.25, -0.2) is 0 Å². The van der Waals surface area contributed by atoms with Gasteiger partial charge in [-0.2, -0.15) is 0 Å². The summed E-state index contributed by atoms with van der Waals surface area (Å²) >= 11 is 0. The largest absolute Gasteiger partial charge is 0.314 e. The number of nitrogens with one attached hydrogen (secondary N) is 1. The van der Waals surface area contributed by atoms with Gasteiger partial charge in [0.15, 0.2) is 0 Å². The Labute approximate surface area is 96.4 Å². The van der Waals surface area contributed by atoms with Crippen LogP contribution in [-0.2, 0) is 0 Å². The minimum Gasteiger partial charge on any atom is -0.314 e. The smallest absolute Gasteiger partial charge is 0.00411 e. The number of rotatable bonds is 8. The molecule has 0 heterocycles. The average Bonchev–Trinajstić information content (AvgIpc) is 2.10. The summed E-state index contributed by atoms with van der Waals surface area (Å²) in [5, 5.41) is 3.58. The van der Waals surface area contributed by atoms with Crippen molar-refractivity contribution in [3.63, 3.8) is 0 Å². The summed E-state index contributed by atoms with van der Waals surface area (Å²) in [5.41, 5.74) is 0. The number of hydrogen-bond acceptors (Lipinski definition) is 2. The number of hydrogen-bond donors (Lipinski definition) is 1. The zero-order chi connectivity index (χ0) is 11.8. The molecule has 0 amide bonds. The summed E-state index contributed by atoms with van der Waals surface area (Å²) in [6.07, 6.45) is 2.52. The third-order valence-electron chi connectivity index (χ3n) is 2.89. The van der Waals surface area contributed by atoms with Crippen LogP contribution >= 0.6 is 0 Å². The highest BCUT2D eigenvalue weighted by atomic mass is 15.1. The molecule has 15 heavy (non-hydrogen) atoms. The first-order chi connectivity index (χ1) is 6.93. The lowest BCUT2D eigenvalue weighted by Crippen LogP contribution is -2.32. The van der Waals surface area contributed by atoms with Crippen molar-refractivity contribution in [3.8, 4) is 0 Å². The second kappa shape index (κ2) is 8.12. The van der Waals surface area contributed by atoms with E-state index in [4.69, 9.17) is 0 Å². The van der Waals surface area contributed by atoms with Crippen molar-refractivity contribution in [2.45, 2.75) is 59.5 Å². The fourth-order valence-electron chi connectivity index (χ4n) is 1.73. The fraction of sp³-hybridized carbons (Fsp3) is 1.00. The SMILES string of the molecule is CC(C)CC(C)NCCCN(C)C(C)C. The van der Waals surface area contributed by atoms with Crippen LogP contribution in [0.25, 0.3) is 0 Å². The zero-order valence-electron chi connectivity index (χ0n) is 11.5. The van der Waals surface area contributed by atoms with Crippen LogP contribution in [0.2, 0.25) is 0 Å². The molecule has 0 saturated heterocycles. The van der Waals surface area contributed by atoms with Gasteiger partial charge in [-0.05, 0) is 59.7 Å². The highest BCUT2D eigenvalue weighted by molar-refractivity contribution is 4.64. The lowest BCUT2D eigenvalue weighted by molar-refractivity contribution is 0.267. The van der Waals surface area contributed by atoms with Crippen molar-refractivity contribution in [2.75, 3.05) is 20.1 Å². The molecule has 0 aromatic rings. The van der Waals surface area contributed by atoms with Crippen LogP contribution in [0.3, 0.4) is 0 Å². The molecule has 1 atom stereocenters. The Hall–Kier alpha value is -0.0800. The minimum atomic E-state index is 0.661. The maximum atomic E-state index is 3.58. The van der Waals surface area contributed by atoms with Gasteiger partial charge in [0.05, 0.1) is 0 Å². The second-order valence-corrected chi connectivity index (χ2v) is 5.41. The first kappa shape index (κ1) is 14.9. The van der Waals surface area contributed by atoms with Gasteiger partial charge < -0.3 is 10.2 Å². The predicted octanol–water partition coefficient (Wildman–Crippen LogP) is 2.74. The van der Waals surface area contributed by atoms with Crippen LogP contribution in [0, 0.1) is 5.92 Å². The Kier molecular flexibility index (Phi) is 8.07. The molecule has 0 aliphatic heterocycles. The molecule has 0 aromatic heterocycles. The van der Waals surface area contributed by atoms with Gasteiger partial charge in [-0.15, -0.1) is 0 Å². The molecule has 0 saturated carbocycles. The summed E-state index contributed by atoms with van der Waals surface area (Å²) in [7, 11) is 2.20. The van der Waals surface area contributed by atoms with Crippen LogP contribution in [0.5, 0.6) is 0 Å². The standard InChI is InChI=1S/C13H30N2/c1-11(2)10-13(5)14-8-7-9-15(6)12(3)4/h11-14H,7-10H2,1-6H3. The molecule has 2 heteroatoms. The Bertz CT molecular complexity index is 143. The summed E-state index contributed by atoms with van der Waals surface area (Å²) in [6.45, 7) is 13.7. The molecule has 92 valence electrons. The summed E-state index contributed by atoms with van der Waals surface area (Å²) in [5.74, 6) is 0.797. The zero-order valence-corrected chi connectivity index (χ0v) is 11.5. The lowest BCUT2D eigenvalue weighted by atomic mass is 10.1. The Balaban J connectivity index is 3.38. The minimum absolute atomic E-state index is 0.661. The van der Waals surface area contributed by atoms with E-state index < -0.39 is 0 Å². The molecular formula is C13H30N2. The van der Waals surface area contributed by atoms with E-state index in [9.17, 15) is 0 Å². The van der Waals surface area contributed by atoms with E-state index in [-0.39, 0.29) is 0 Å². The predicted molar refractivity (Wildman–Crippen MR) is 69.3 cm³/mol. The third kappa shape index (κ3) is 8.88. The highest BCUT2D eigenvalue weighted by Gasteiger charge is 2.05. The van der Waals surface area contributed by atoms with E-state index in [1.807, 2.05) is 0 Å². The maximum absolute atomic E-state index is 3.58. The Morgan fingerprint density at radius 1 is 1.07 bits per heavy atom. The molecule has 0 bridgehead atoms. The summed E-state index contributed by atoms with van der Waals surface area (Å²) in [4.78, 5) is 2.40. The average molecular weight is 214 g/mol. The maximum Gasteiger partial charge on any atom is 0.00411 e. The lowest BCUT2D eigenvalue weighted by Gasteiger charge is -2.22. The van der Waals surface area contributed by atoms with Gasteiger partial charge in [0.2, 0.25) is 0 Å². The van der Waals surface area contributed by atoms with E-state index in [2.05, 4.69) is 51.9 Å². The topological polar surface area (TPSA) is 15.3 Å². The molecule has 0 rings (SSSR count). The number of nitrogens with zero attached hydrogens (tertiary/aromatic N) is 1. The van der Waals surface area contributed by atoms with Crippen LogP contribution < -0.4 is 5.32 Å². The Morgan fingerprint density at radius 2 is 1.67 bits per heavy atom. The molecule has 0 aliphatic carbocycles. The van der Waals surface area contributed by atoms with Crippen molar-refractivity contribution in [1.29, 1.82) is 0 Å². The normalized spacial score (nSPS) is 14.2. The fourth-order valence-corrected chi connectivity index (χ4v) is 1.73. The van der Waals surface area contributed by atoms with Crippen molar-refractivity contribution in [3.05, 3.63) is 0 Å². The molecule has 0 aliphatic rings. The van der Waals surface area contributed by atoms with E-state index >= 15 is 0 Å². The van der Waals surface area contributed by atoms with Crippen molar-refractivity contribution in [1.82, 2.24) is 10.2 Å². The molecule has 0 radical (unpaired) electrons.